The lowest BCUT2D eigenvalue weighted by Crippen LogP contribution is -2.12. The Bertz CT molecular complexity index is 828. The van der Waals surface area contributed by atoms with E-state index in [1.165, 1.54) is 18.3 Å². The van der Waals surface area contributed by atoms with E-state index in [0.29, 0.717) is 23.1 Å². The van der Waals surface area contributed by atoms with E-state index in [2.05, 4.69) is 25.5 Å². The maximum atomic E-state index is 13.3. The SMILES string of the molecule is O=c1[nH]c(NCc2ccc(Cl)c(F)c2)nc2[nH]ncc12. The smallest absolute Gasteiger partial charge is 0.263 e. The van der Waals surface area contributed by atoms with Gasteiger partial charge in [0.2, 0.25) is 5.95 Å². The van der Waals surface area contributed by atoms with Gasteiger partial charge in [-0.1, -0.05) is 17.7 Å². The van der Waals surface area contributed by atoms with Crippen LogP contribution in [-0.2, 0) is 6.54 Å². The number of H-pyrrole nitrogens is 2. The molecular weight excluding hydrogens is 285 g/mol. The van der Waals surface area contributed by atoms with E-state index in [4.69, 9.17) is 11.6 Å². The maximum Gasteiger partial charge on any atom is 0.263 e. The summed E-state index contributed by atoms with van der Waals surface area (Å²) < 4.78 is 13.3. The number of nitrogens with one attached hydrogen (secondary N) is 3. The molecule has 0 aliphatic heterocycles. The molecule has 0 aliphatic rings. The zero-order valence-electron chi connectivity index (χ0n) is 10.1. The van der Waals surface area contributed by atoms with Crippen LogP contribution >= 0.6 is 11.6 Å². The molecule has 3 N–H and O–H groups in total. The van der Waals surface area contributed by atoms with Gasteiger partial charge >= 0.3 is 0 Å². The van der Waals surface area contributed by atoms with Crippen LogP contribution in [-0.4, -0.2) is 20.2 Å². The van der Waals surface area contributed by atoms with Gasteiger partial charge in [0, 0.05) is 6.54 Å². The summed E-state index contributed by atoms with van der Waals surface area (Å²) in [6.07, 6.45) is 1.40. The second kappa shape index (κ2) is 4.93. The first-order chi connectivity index (χ1) is 9.63. The van der Waals surface area contributed by atoms with Crippen LogP contribution in [0.2, 0.25) is 5.02 Å². The third-order valence-corrected chi connectivity index (χ3v) is 3.07. The maximum absolute atomic E-state index is 13.3. The standard InChI is InChI=1S/C12H9ClFN5O/c13-8-2-1-6(3-9(8)14)4-15-12-17-10-7(5-16-19-10)11(20)18-12/h1-3,5H,4H2,(H3,15,16,17,18,19,20). The molecule has 0 saturated carbocycles. The van der Waals surface area contributed by atoms with E-state index in [-0.39, 0.29) is 16.5 Å². The van der Waals surface area contributed by atoms with Gasteiger partial charge in [-0.2, -0.15) is 10.1 Å². The lowest BCUT2D eigenvalue weighted by Gasteiger charge is -2.06. The van der Waals surface area contributed by atoms with Crippen LogP contribution in [0.15, 0.2) is 29.2 Å². The molecule has 3 aromatic rings. The molecule has 0 aliphatic carbocycles. The largest absolute Gasteiger partial charge is 0.352 e. The molecule has 0 amide bonds. The summed E-state index contributed by atoms with van der Waals surface area (Å²) in [5.41, 5.74) is 0.770. The first-order valence-corrected chi connectivity index (χ1v) is 6.12. The van der Waals surface area contributed by atoms with Crippen molar-refractivity contribution in [3.05, 3.63) is 51.2 Å². The number of nitrogens with zero attached hydrogens (tertiary/aromatic N) is 2. The molecule has 0 radical (unpaired) electrons. The zero-order valence-corrected chi connectivity index (χ0v) is 10.8. The van der Waals surface area contributed by atoms with Crippen LogP contribution in [0.25, 0.3) is 11.0 Å². The lowest BCUT2D eigenvalue weighted by molar-refractivity contribution is 0.626. The molecule has 3 rings (SSSR count). The van der Waals surface area contributed by atoms with E-state index in [1.807, 2.05) is 0 Å². The van der Waals surface area contributed by atoms with Crippen LogP contribution in [0.3, 0.4) is 0 Å². The highest BCUT2D eigenvalue weighted by atomic mass is 35.5. The molecule has 2 heterocycles. The first kappa shape index (κ1) is 12.6. The molecular formula is C12H9ClFN5O. The molecule has 102 valence electrons. The van der Waals surface area contributed by atoms with Crippen molar-refractivity contribution in [3.63, 3.8) is 0 Å². The summed E-state index contributed by atoms with van der Waals surface area (Å²) in [7, 11) is 0. The molecule has 8 heteroatoms. The van der Waals surface area contributed by atoms with Crippen molar-refractivity contribution in [1.29, 1.82) is 0 Å². The van der Waals surface area contributed by atoms with Crippen LogP contribution in [0.1, 0.15) is 5.56 Å². The van der Waals surface area contributed by atoms with Gasteiger partial charge in [-0.05, 0) is 17.7 Å². The average molecular weight is 294 g/mol. The lowest BCUT2D eigenvalue weighted by atomic mass is 10.2. The zero-order chi connectivity index (χ0) is 14.1. The van der Waals surface area contributed by atoms with Crippen LogP contribution < -0.4 is 10.9 Å². The first-order valence-electron chi connectivity index (χ1n) is 5.74. The Morgan fingerprint density at radius 2 is 2.25 bits per heavy atom. The van der Waals surface area contributed by atoms with Crippen molar-refractivity contribution in [2.75, 3.05) is 5.32 Å². The van der Waals surface area contributed by atoms with Gasteiger partial charge < -0.3 is 5.32 Å². The minimum absolute atomic E-state index is 0.0687. The van der Waals surface area contributed by atoms with Crippen molar-refractivity contribution in [2.45, 2.75) is 6.54 Å². The third kappa shape index (κ3) is 2.35. The topological polar surface area (TPSA) is 86.5 Å². The Labute approximate surface area is 117 Å². The minimum Gasteiger partial charge on any atom is -0.352 e. The van der Waals surface area contributed by atoms with Crippen molar-refractivity contribution in [2.24, 2.45) is 0 Å². The predicted octanol–water partition coefficient (Wildman–Crippen LogP) is 2.05. The second-order valence-corrected chi connectivity index (χ2v) is 4.56. The molecule has 2 aromatic heterocycles. The number of aromatic amines is 2. The Morgan fingerprint density at radius 3 is 3.05 bits per heavy atom. The quantitative estimate of drug-likeness (QED) is 0.690. The number of fused-ring (bicyclic) bond motifs is 1. The van der Waals surface area contributed by atoms with Gasteiger partial charge in [-0.25, -0.2) is 4.39 Å². The highest BCUT2D eigenvalue weighted by Crippen LogP contribution is 2.16. The van der Waals surface area contributed by atoms with Crippen LogP contribution in [0.5, 0.6) is 0 Å². The van der Waals surface area contributed by atoms with Crippen molar-refractivity contribution >= 4 is 28.6 Å². The van der Waals surface area contributed by atoms with Crippen molar-refractivity contribution in [3.8, 4) is 0 Å². The summed E-state index contributed by atoms with van der Waals surface area (Å²) in [5, 5.41) is 9.72. The van der Waals surface area contributed by atoms with Gasteiger partial charge in [0.25, 0.3) is 5.56 Å². The molecule has 0 atom stereocenters. The molecule has 0 saturated heterocycles. The Balaban J connectivity index is 1.82. The van der Waals surface area contributed by atoms with E-state index in [0.717, 1.165) is 0 Å². The van der Waals surface area contributed by atoms with Crippen molar-refractivity contribution in [1.82, 2.24) is 20.2 Å². The van der Waals surface area contributed by atoms with Crippen molar-refractivity contribution < 1.29 is 4.39 Å². The Hall–Kier alpha value is -2.41. The van der Waals surface area contributed by atoms with Gasteiger partial charge in [-0.15, -0.1) is 0 Å². The number of rotatable bonds is 3. The van der Waals surface area contributed by atoms with E-state index in [9.17, 15) is 9.18 Å². The normalized spacial score (nSPS) is 10.9. The number of aromatic nitrogens is 4. The number of hydrogen-bond acceptors (Lipinski definition) is 4. The van der Waals surface area contributed by atoms with E-state index >= 15 is 0 Å². The molecule has 6 nitrogen and oxygen atoms in total. The molecule has 0 unspecified atom stereocenters. The fraction of sp³-hybridized carbons (Fsp3) is 0.0833. The number of hydrogen-bond donors (Lipinski definition) is 3. The summed E-state index contributed by atoms with van der Waals surface area (Å²) in [6, 6.07) is 4.48. The third-order valence-electron chi connectivity index (χ3n) is 2.76. The van der Waals surface area contributed by atoms with Gasteiger partial charge in [0.1, 0.15) is 11.2 Å². The van der Waals surface area contributed by atoms with E-state index < -0.39 is 5.82 Å². The molecule has 0 fully saturated rings. The van der Waals surface area contributed by atoms with Crippen LogP contribution in [0.4, 0.5) is 10.3 Å². The summed E-state index contributed by atoms with van der Waals surface area (Å²) in [4.78, 5) is 18.4. The number of benzene rings is 1. The van der Waals surface area contributed by atoms with E-state index in [1.54, 1.807) is 6.07 Å². The fourth-order valence-electron chi connectivity index (χ4n) is 1.76. The summed E-state index contributed by atoms with van der Waals surface area (Å²) >= 11 is 5.61. The minimum atomic E-state index is -0.489. The summed E-state index contributed by atoms with van der Waals surface area (Å²) in [6.45, 7) is 0.302. The predicted molar refractivity (Wildman–Crippen MR) is 73.2 cm³/mol. The van der Waals surface area contributed by atoms with Crippen LogP contribution in [0, 0.1) is 5.82 Å². The number of halogens is 2. The number of anilines is 1. The molecule has 1 aromatic carbocycles. The monoisotopic (exact) mass is 293 g/mol. The van der Waals surface area contributed by atoms with Gasteiger partial charge in [-0.3, -0.25) is 14.9 Å². The second-order valence-electron chi connectivity index (χ2n) is 4.15. The Kier molecular flexibility index (Phi) is 3.11. The molecule has 0 bridgehead atoms. The highest BCUT2D eigenvalue weighted by Gasteiger charge is 2.06. The highest BCUT2D eigenvalue weighted by molar-refractivity contribution is 6.30. The fourth-order valence-corrected chi connectivity index (χ4v) is 1.88. The van der Waals surface area contributed by atoms with Gasteiger partial charge in [0.15, 0.2) is 5.65 Å². The Morgan fingerprint density at radius 1 is 1.40 bits per heavy atom. The molecule has 20 heavy (non-hydrogen) atoms. The van der Waals surface area contributed by atoms with Gasteiger partial charge in [0.05, 0.1) is 11.2 Å². The molecule has 0 spiro atoms. The summed E-state index contributed by atoms with van der Waals surface area (Å²) in [5.74, 6) is -0.210. The average Bonchev–Trinajstić information content (AvgIpc) is 2.89.